The predicted octanol–water partition coefficient (Wildman–Crippen LogP) is 2.61. The van der Waals surface area contributed by atoms with Crippen molar-refractivity contribution >= 4 is 12.0 Å². The standard InChI is InChI=1S/C15H28N2O3/c1-10-5-7-11(8-6-10)9-16-14(20)17-12(13(18)19)15(2,3)4/h10-12H,5-9H2,1-4H3,(H,18,19)(H2,16,17,20)/t10?,11?,12-/m0/s1. The van der Waals surface area contributed by atoms with Crippen LogP contribution in [-0.2, 0) is 4.79 Å². The maximum absolute atomic E-state index is 11.8. The normalized spacial score (nSPS) is 24.8. The first-order valence-corrected chi connectivity index (χ1v) is 7.47. The maximum atomic E-state index is 11.8. The van der Waals surface area contributed by atoms with E-state index < -0.39 is 17.4 Å². The number of carboxylic acids is 1. The average molecular weight is 284 g/mol. The summed E-state index contributed by atoms with van der Waals surface area (Å²) in [5, 5.41) is 14.5. The SMILES string of the molecule is CC1CCC(CNC(=O)N[C@@H](C(=O)O)C(C)(C)C)CC1. The van der Waals surface area contributed by atoms with Crippen molar-refractivity contribution in [2.45, 2.75) is 59.4 Å². The number of carboxylic acid groups (broad SMARTS) is 1. The molecule has 0 spiro atoms. The largest absolute Gasteiger partial charge is 0.480 e. The summed E-state index contributed by atoms with van der Waals surface area (Å²) < 4.78 is 0. The van der Waals surface area contributed by atoms with Gasteiger partial charge < -0.3 is 15.7 Å². The molecule has 1 aliphatic carbocycles. The summed E-state index contributed by atoms with van der Waals surface area (Å²) in [4.78, 5) is 23.0. The molecule has 0 aromatic carbocycles. The fourth-order valence-corrected chi connectivity index (χ4v) is 2.60. The second kappa shape index (κ2) is 6.95. The Morgan fingerprint density at radius 3 is 2.20 bits per heavy atom. The Kier molecular flexibility index (Phi) is 5.84. The molecular weight excluding hydrogens is 256 g/mol. The molecule has 0 radical (unpaired) electrons. The van der Waals surface area contributed by atoms with Crippen LogP contribution in [0.2, 0.25) is 0 Å². The monoisotopic (exact) mass is 284 g/mol. The van der Waals surface area contributed by atoms with Gasteiger partial charge in [0.2, 0.25) is 0 Å². The van der Waals surface area contributed by atoms with Crippen molar-refractivity contribution in [2.24, 2.45) is 17.3 Å². The van der Waals surface area contributed by atoms with Crippen molar-refractivity contribution in [3.8, 4) is 0 Å². The Morgan fingerprint density at radius 1 is 1.20 bits per heavy atom. The Morgan fingerprint density at radius 2 is 1.75 bits per heavy atom. The lowest BCUT2D eigenvalue weighted by molar-refractivity contribution is -0.141. The van der Waals surface area contributed by atoms with Gasteiger partial charge in [-0.3, -0.25) is 0 Å². The number of rotatable bonds is 4. The van der Waals surface area contributed by atoms with Crippen molar-refractivity contribution in [3.63, 3.8) is 0 Å². The Hall–Kier alpha value is -1.26. The molecule has 1 fully saturated rings. The number of hydrogen-bond donors (Lipinski definition) is 3. The predicted molar refractivity (Wildman–Crippen MR) is 78.5 cm³/mol. The number of nitrogens with one attached hydrogen (secondary N) is 2. The molecule has 1 atom stereocenters. The van der Waals surface area contributed by atoms with E-state index in [1.807, 2.05) is 0 Å². The van der Waals surface area contributed by atoms with Gasteiger partial charge in [-0.15, -0.1) is 0 Å². The molecule has 0 aliphatic heterocycles. The van der Waals surface area contributed by atoms with E-state index in [9.17, 15) is 9.59 Å². The number of amides is 2. The third-order valence-electron chi connectivity index (χ3n) is 4.08. The van der Waals surface area contributed by atoms with E-state index in [-0.39, 0.29) is 6.03 Å². The topological polar surface area (TPSA) is 78.4 Å². The minimum Gasteiger partial charge on any atom is -0.480 e. The quantitative estimate of drug-likeness (QED) is 0.742. The van der Waals surface area contributed by atoms with E-state index in [1.54, 1.807) is 20.8 Å². The number of carbonyl (C=O) groups is 2. The molecule has 20 heavy (non-hydrogen) atoms. The molecule has 0 unspecified atom stereocenters. The van der Waals surface area contributed by atoms with Gasteiger partial charge in [-0.2, -0.15) is 0 Å². The molecule has 0 saturated heterocycles. The molecule has 2 amide bonds. The Bertz CT molecular complexity index is 342. The molecule has 3 N–H and O–H groups in total. The molecule has 0 aromatic heterocycles. The highest BCUT2D eigenvalue weighted by molar-refractivity contribution is 5.83. The summed E-state index contributed by atoms with van der Waals surface area (Å²) in [5.74, 6) is 0.311. The summed E-state index contributed by atoms with van der Waals surface area (Å²) >= 11 is 0. The van der Waals surface area contributed by atoms with E-state index in [1.165, 1.54) is 12.8 Å². The lowest BCUT2D eigenvalue weighted by Gasteiger charge is -2.29. The van der Waals surface area contributed by atoms with E-state index >= 15 is 0 Å². The van der Waals surface area contributed by atoms with E-state index in [2.05, 4.69) is 17.6 Å². The lowest BCUT2D eigenvalue weighted by atomic mass is 9.83. The van der Waals surface area contributed by atoms with Gasteiger partial charge in [0.15, 0.2) is 0 Å². The third kappa shape index (κ3) is 5.39. The van der Waals surface area contributed by atoms with Crippen LogP contribution in [0.4, 0.5) is 4.79 Å². The van der Waals surface area contributed by atoms with E-state index in [4.69, 9.17) is 5.11 Å². The average Bonchev–Trinajstić information content (AvgIpc) is 2.33. The second-order valence-electron chi connectivity index (χ2n) is 7.12. The second-order valence-corrected chi connectivity index (χ2v) is 7.12. The van der Waals surface area contributed by atoms with Crippen LogP contribution in [0.5, 0.6) is 0 Å². The zero-order valence-electron chi connectivity index (χ0n) is 13.0. The fourth-order valence-electron chi connectivity index (χ4n) is 2.60. The minimum atomic E-state index is -1.00. The van der Waals surface area contributed by atoms with Crippen molar-refractivity contribution in [2.75, 3.05) is 6.54 Å². The molecule has 0 aromatic rings. The van der Waals surface area contributed by atoms with Crippen LogP contribution in [0, 0.1) is 17.3 Å². The zero-order chi connectivity index (χ0) is 15.3. The van der Waals surface area contributed by atoms with Gasteiger partial charge >= 0.3 is 12.0 Å². The van der Waals surface area contributed by atoms with Gasteiger partial charge in [0.1, 0.15) is 6.04 Å². The van der Waals surface area contributed by atoms with Crippen molar-refractivity contribution in [1.82, 2.24) is 10.6 Å². The molecule has 1 saturated carbocycles. The first-order chi connectivity index (χ1) is 9.20. The van der Waals surface area contributed by atoms with Gasteiger partial charge in [0, 0.05) is 6.54 Å². The van der Waals surface area contributed by atoms with Gasteiger partial charge in [-0.25, -0.2) is 9.59 Å². The van der Waals surface area contributed by atoms with Gasteiger partial charge in [-0.1, -0.05) is 40.5 Å². The summed E-state index contributed by atoms with van der Waals surface area (Å²) in [6.45, 7) is 8.30. The van der Waals surface area contributed by atoms with Crippen molar-refractivity contribution in [1.29, 1.82) is 0 Å². The molecule has 5 heteroatoms. The van der Waals surface area contributed by atoms with Crippen LogP contribution in [0.15, 0.2) is 0 Å². The molecule has 1 aliphatic rings. The Balaban J connectivity index is 2.37. The summed E-state index contributed by atoms with van der Waals surface area (Å²) in [7, 11) is 0. The number of aliphatic carboxylic acids is 1. The molecule has 5 nitrogen and oxygen atoms in total. The van der Waals surface area contributed by atoms with Crippen LogP contribution < -0.4 is 10.6 Å². The fraction of sp³-hybridized carbons (Fsp3) is 0.867. The van der Waals surface area contributed by atoms with Crippen LogP contribution in [0.25, 0.3) is 0 Å². The highest BCUT2D eigenvalue weighted by atomic mass is 16.4. The van der Waals surface area contributed by atoms with Crippen LogP contribution in [0.1, 0.15) is 53.4 Å². The van der Waals surface area contributed by atoms with E-state index in [0.717, 1.165) is 18.8 Å². The van der Waals surface area contributed by atoms with Crippen LogP contribution in [-0.4, -0.2) is 29.7 Å². The van der Waals surface area contributed by atoms with Crippen molar-refractivity contribution in [3.05, 3.63) is 0 Å². The van der Waals surface area contributed by atoms with Gasteiger partial charge in [0.25, 0.3) is 0 Å². The van der Waals surface area contributed by atoms with Crippen LogP contribution >= 0.6 is 0 Å². The van der Waals surface area contributed by atoms with Crippen molar-refractivity contribution < 1.29 is 14.7 Å². The molecular formula is C15H28N2O3. The van der Waals surface area contributed by atoms with Gasteiger partial charge in [-0.05, 0) is 30.1 Å². The highest BCUT2D eigenvalue weighted by Gasteiger charge is 2.32. The minimum absolute atomic E-state index is 0.383. The maximum Gasteiger partial charge on any atom is 0.326 e. The summed E-state index contributed by atoms with van der Waals surface area (Å²) in [6, 6.07) is -1.26. The number of hydrogen-bond acceptors (Lipinski definition) is 2. The smallest absolute Gasteiger partial charge is 0.326 e. The summed E-state index contributed by atoms with van der Waals surface area (Å²) in [5.41, 5.74) is -0.510. The molecule has 0 bridgehead atoms. The van der Waals surface area contributed by atoms with E-state index in [0.29, 0.717) is 12.5 Å². The third-order valence-corrected chi connectivity index (χ3v) is 4.08. The Labute approximate surface area is 121 Å². The zero-order valence-corrected chi connectivity index (χ0v) is 13.0. The molecule has 116 valence electrons. The number of carbonyl (C=O) groups excluding carboxylic acids is 1. The highest BCUT2D eigenvalue weighted by Crippen LogP contribution is 2.27. The van der Waals surface area contributed by atoms with Crippen LogP contribution in [0.3, 0.4) is 0 Å². The molecule has 1 rings (SSSR count). The lowest BCUT2D eigenvalue weighted by Crippen LogP contribution is -2.52. The summed E-state index contributed by atoms with van der Waals surface area (Å²) in [6.07, 6.45) is 4.72. The number of urea groups is 1. The molecule has 0 heterocycles. The van der Waals surface area contributed by atoms with Gasteiger partial charge in [0.05, 0.1) is 0 Å². The first kappa shape index (κ1) is 16.8. The first-order valence-electron chi connectivity index (χ1n) is 7.47.